The summed E-state index contributed by atoms with van der Waals surface area (Å²) in [4.78, 5) is 17.1. The lowest BCUT2D eigenvalue weighted by molar-refractivity contribution is -0.383. The summed E-state index contributed by atoms with van der Waals surface area (Å²) in [6.45, 7) is 1.96. The average Bonchev–Trinajstić information content (AvgIpc) is 2.98. The Kier molecular flexibility index (Phi) is 3.70. The summed E-state index contributed by atoms with van der Waals surface area (Å²) in [6, 6.07) is 7.55. The van der Waals surface area contributed by atoms with Gasteiger partial charge in [-0.1, -0.05) is 0 Å². The predicted octanol–water partition coefficient (Wildman–Crippen LogP) is 2.33. The molecule has 1 saturated heterocycles. The zero-order valence-corrected chi connectivity index (χ0v) is 12.0. The van der Waals surface area contributed by atoms with Crippen LogP contribution in [0, 0.1) is 10.1 Å². The summed E-state index contributed by atoms with van der Waals surface area (Å²) in [5.41, 5.74) is 1.49. The van der Waals surface area contributed by atoms with E-state index in [4.69, 9.17) is 0 Å². The number of nitrogens with zero attached hydrogens (tertiary/aromatic N) is 3. The van der Waals surface area contributed by atoms with Crippen molar-refractivity contribution in [2.75, 3.05) is 25.0 Å². The zero-order valence-electron chi connectivity index (χ0n) is 12.0. The molecule has 0 aliphatic carbocycles. The third-order valence-corrected chi connectivity index (χ3v) is 3.99. The van der Waals surface area contributed by atoms with Crippen LogP contribution in [0.2, 0.25) is 0 Å². The van der Waals surface area contributed by atoms with Crippen molar-refractivity contribution in [2.24, 2.45) is 0 Å². The SMILES string of the molecule is CN(CC1CCCN1)c1ccc([N+](=O)[O-])c2ncccc12. The first-order chi connectivity index (χ1) is 10.2. The topological polar surface area (TPSA) is 71.3 Å². The number of nitrogens with one attached hydrogen (secondary N) is 1. The van der Waals surface area contributed by atoms with Crippen LogP contribution in [0.1, 0.15) is 12.8 Å². The molecule has 2 heterocycles. The summed E-state index contributed by atoms with van der Waals surface area (Å²) in [5, 5.41) is 15.4. The van der Waals surface area contributed by atoms with Crippen LogP contribution in [-0.2, 0) is 0 Å². The molecular weight excluding hydrogens is 268 g/mol. The number of likely N-dealkylation sites (N-methyl/N-ethyl adjacent to an activating group) is 1. The number of hydrogen-bond acceptors (Lipinski definition) is 5. The zero-order chi connectivity index (χ0) is 14.8. The van der Waals surface area contributed by atoms with Crippen LogP contribution in [-0.4, -0.2) is 36.1 Å². The molecule has 110 valence electrons. The van der Waals surface area contributed by atoms with Gasteiger partial charge in [0, 0.05) is 43.0 Å². The third-order valence-electron chi connectivity index (χ3n) is 3.99. The van der Waals surface area contributed by atoms with E-state index in [9.17, 15) is 10.1 Å². The second-order valence-electron chi connectivity index (χ2n) is 5.43. The van der Waals surface area contributed by atoms with Gasteiger partial charge in [-0.05, 0) is 37.6 Å². The Hall–Kier alpha value is -2.21. The minimum atomic E-state index is -0.377. The Morgan fingerprint density at radius 3 is 3.05 bits per heavy atom. The van der Waals surface area contributed by atoms with E-state index in [2.05, 4.69) is 15.2 Å². The molecular formula is C15H18N4O2. The number of pyridine rings is 1. The van der Waals surface area contributed by atoms with Gasteiger partial charge in [-0.3, -0.25) is 10.1 Å². The number of benzene rings is 1. The summed E-state index contributed by atoms with van der Waals surface area (Å²) in [5.74, 6) is 0. The Bertz CT molecular complexity index is 668. The number of rotatable bonds is 4. The second kappa shape index (κ2) is 5.65. The van der Waals surface area contributed by atoms with Gasteiger partial charge < -0.3 is 10.2 Å². The van der Waals surface area contributed by atoms with Crippen molar-refractivity contribution >= 4 is 22.3 Å². The molecule has 0 amide bonds. The molecule has 1 fully saturated rings. The van der Waals surface area contributed by atoms with E-state index in [0.717, 1.165) is 24.2 Å². The molecule has 0 saturated carbocycles. The van der Waals surface area contributed by atoms with E-state index in [-0.39, 0.29) is 10.6 Å². The Labute approximate surface area is 122 Å². The van der Waals surface area contributed by atoms with Crippen molar-refractivity contribution in [1.82, 2.24) is 10.3 Å². The van der Waals surface area contributed by atoms with Gasteiger partial charge in [0.15, 0.2) is 0 Å². The fourth-order valence-corrected chi connectivity index (χ4v) is 2.96. The highest BCUT2D eigenvalue weighted by Gasteiger charge is 2.20. The Balaban J connectivity index is 1.98. The number of aromatic nitrogens is 1. The van der Waals surface area contributed by atoms with Gasteiger partial charge >= 0.3 is 0 Å². The van der Waals surface area contributed by atoms with Crippen LogP contribution in [0.3, 0.4) is 0 Å². The molecule has 2 aromatic rings. The summed E-state index contributed by atoms with van der Waals surface area (Å²) in [7, 11) is 2.02. The molecule has 1 aliphatic heterocycles. The second-order valence-corrected chi connectivity index (χ2v) is 5.43. The number of hydrogen-bond donors (Lipinski definition) is 1. The highest BCUT2D eigenvalue weighted by atomic mass is 16.6. The van der Waals surface area contributed by atoms with Gasteiger partial charge in [0.25, 0.3) is 5.69 Å². The highest BCUT2D eigenvalue weighted by Crippen LogP contribution is 2.31. The highest BCUT2D eigenvalue weighted by molar-refractivity contribution is 5.97. The molecule has 1 aliphatic rings. The smallest absolute Gasteiger partial charge is 0.295 e. The maximum atomic E-state index is 11.1. The van der Waals surface area contributed by atoms with Gasteiger partial charge in [-0.25, -0.2) is 4.98 Å². The van der Waals surface area contributed by atoms with Crippen LogP contribution in [0.4, 0.5) is 11.4 Å². The van der Waals surface area contributed by atoms with E-state index in [0.29, 0.717) is 11.6 Å². The van der Waals surface area contributed by atoms with Crippen molar-refractivity contribution in [3.63, 3.8) is 0 Å². The molecule has 0 radical (unpaired) electrons. The van der Waals surface area contributed by atoms with Gasteiger partial charge in [0.2, 0.25) is 0 Å². The number of nitro groups is 1. The predicted molar refractivity (Wildman–Crippen MR) is 82.7 cm³/mol. The third kappa shape index (κ3) is 2.67. The minimum Gasteiger partial charge on any atom is -0.372 e. The first kappa shape index (κ1) is 13.8. The van der Waals surface area contributed by atoms with Crippen molar-refractivity contribution in [3.8, 4) is 0 Å². The van der Waals surface area contributed by atoms with E-state index in [1.54, 1.807) is 12.3 Å². The lowest BCUT2D eigenvalue weighted by Gasteiger charge is -2.24. The summed E-state index contributed by atoms with van der Waals surface area (Å²) in [6.07, 6.45) is 3.98. The lowest BCUT2D eigenvalue weighted by Crippen LogP contribution is -2.35. The first-order valence-corrected chi connectivity index (χ1v) is 7.13. The van der Waals surface area contributed by atoms with E-state index < -0.39 is 0 Å². The van der Waals surface area contributed by atoms with Crippen molar-refractivity contribution in [2.45, 2.75) is 18.9 Å². The van der Waals surface area contributed by atoms with Crippen molar-refractivity contribution in [1.29, 1.82) is 0 Å². The molecule has 3 rings (SSSR count). The van der Waals surface area contributed by atoms with Gasteiger partial charge in [-0.2, -0.15) is 0 Å². The van der Waals surface area contributed by atoms with Crippen molar-refractivity contribution < 1.29 is 4.92 Å². The van der Waals surface area contributed by atoms with Gasteiger partial charge in [0.05, 0.1) is 4.92 Å². The standard InChI is InChI=1S/C15H18N4O2/c1-18(10-11-4-2-8-16-11)13-6-7-14(19(20)21)15-12(13)5-3-9-17-15/h3,5-7,9,11,16H,2,4,8,10H2,1H3. The molecule has 6 nitrogen and oxygen atoms in total. The summed E-state index contributed by atoms with van der Waals surface area (Å²) >= 11 is 0. The van der Waals surface area contributed by atoms with Crippen LogP contribution >= 0.6 is 0 Å². The van der Waals surface area contributed by atoms with Crippen molar-refractivity contribution in [3.05, 3.63) is 40.6 Å². The molecule has 1 aromatic heterocycles. The number of anilines is 1. The quantitative estimate of drug-likeness (QED) is 0.690. The fourth-order valence-electron chi connectivity index (χ4n) is 2.96. The van der Waals surface area contributed by atoms with E-state index >= 15 is 0 Å². The van der Waals surface area contributed by atoms with E-state index in [1.807, 2.05) is 25.2 Å². The minimum absolute atomic E-state index is 0.0572. The molecule has 0 spiro atoms. The Morgan fingerprint density at radius 1 is 1.48 bits per heavy atom. The Morgan fingerprint density at radius 2 is 2.33 bits per heavy atom. The molecule has 1 N–H and O–H groups in total. The molecule has 1 aromatic carbocycles. The average molecular weight is 286 g/mol. The van der Waals surface area contributed by atoms with Gasteiger partial charge in [0.1, 0.15) is 5.52 Å². The van der Waals surface area contributed by atoms with E-state index in [1.165, 1.54) is 12.8 Å². The monoisotopic (exact) mass is 286 g/mol. The molecule has 0 bridgehead atoms. The maximum absolute atomic E-state index is 11.1. The summed E-state index contributed by atoms with van der Waals surface area (Å²) < 4.78 is 0. The fraction of sp³-hybridized carbons (Fsp3) is 0.400. The van der Waals surface area contributed by atoms with Crippen LogP contribution in [0.15, 0.2) is 30.5 Å². The van der Waals surface area contributed by atoms with Gasteiger partial charge in [-0.15, -0.1) is 0 Å². The number of non-ortho nitro benzene ring substituents is 1. The largest absolute Gasteiger partial charge is 0.372 e. The molecule has 1 atom stereocenters. The molecule has 21 heavy (non-hydrogen) atoms. The lowest BCUT2D eigenvalue weighted by atomic mass is 10.1. The molecule has 6 heteroatoms. The first-order valence-electron chi connectivity index (χ1n) is 7.13. The normalized spacial score (nSPS) is 18.0. The van der Waals surface area contributed by atoms with Crippen LogP contribution in [0.5, 0.6) is 0 Å². The van der Waals surface area contributed by atoms with Crippen LogP contribution in [0.25, 0.3) is 10.9 Å². The number of fused-ring (bicyclic) bond motifs is 1. The maximum Gasteiger partial charge on any atom is 0.295 e. The van der Waals surface area contributed by atoms with Crippen LogP contribution < -0.4 is 10.2 Å². The molecule has 1 unspecified atom stereocenters. The number of nitro benzene ring substituents is 1.